The van der Waals surface area contributed by atoms with Gasteiger partial charge in [-0.3, -0.25) is 9.59 Å². The van der Waals surface area contributed by atoms with Crippen molar-refractivity contribution >= 4 is 29.3 Å². The Labute approximate surface area is 222 Å². The standard InChI is InChI=1S/C32H41N3O2/c1-25(36)34-23-17-28-13-14-30(24-31(28)34)35(32(37)15-12-26-8-4-2-5-9-26)29-18-21-33(22-19-29)20-16-27-10-6-3-7-11-27/h2,4-5,8-9,12-15,24,27,29H,3,6-7,10-11,16-23H2,1H3. The number of fused-ring (bicyclic) bond motifs is 1. The van der Waals surface area contributed by atoms with E-state index < -0.39 is 0 Å². The molecule has 3 aliphatic rings. The summed E-state index contributed by atoms with van der Waals surface area (Å²) < 4.78 is 0. The highest BCUT2D eigenvalue weighted by Gasteiger charge is 2.30. The van der Waals surface area contributed by atoms with Crippen LogP contribution >= 0.6 is 0 Å². The number of hydrogen-bond acceptors (Lipinski definition) is 3. The molecule has 2 fully saturated rings. The van der Waals surface area contributed by atoms with Gasteiger partial charge in [0.1, 0.15) is 0 Å². The first-order valence-corrected chi connectivity index (χ1v) is 14.3. The van der Waals surface area contributed by atoms with Gasteiger partial charge in [0.05, 0.1) is 0 Å². The Bertz CT molecular complexity index is 1100. The van der Waals surface area contributed by atoms with Gasteiger partial charge in [-0.1, -0.05) is 68.5 Å². The van der Waals surface area contributed by atoms with E-state index in [4.69, 9.17) is 0 Å². The van der Waals surface area contributed by atoms with Gasteiger partial charge < -0.3 is 14.7 Å². The molecule has 2 aromatic carbocycles. The predicted molar refractivity (Wildman–Crippen MR) is 152 cm³/mol. The van der Waals surface area contributed by atoms with Crippen LogP contribution in [0.2, 0.25) is 0 Å². The number of carbonyl (C=O) groups is 2. The molecule has 37 heavy (non-hydrogen) atoms. The molecule has 5 rings (SSSR count). The zero-order valence-electron chi connectivity index (χ0n) is 22.3. The second kappa shape index (κ2) is 12.1. The lowest BCUT2D eigenvalue weighted by atomic mass is 9.87. The Balaban J connectivity index is 1.31. The van der Waals surface area contributed by atoms with Gasteiger partial charge in [0.15, 0.2) is 0 Å². The van der Waals surface area contributed by atoms with Crippen LogP contribution in [-0.4, -0.2) is 48.9 Å². The van der Waals surface area contributed by atoms with Gasteiger partial charge in [-0.25, -0.2) is 0 Å². The molecule has 1 saturated heterocycles. The van der Waals surface area contributed by atoms with Crippen molar-refractivity contribution in [3.8, 4) is 0 Å². The van der Waals surface area contributed by atoms with Crippen LogP contribution in [0.25, 0.3) is 6.08 Å². The molecule has 2 heterocycles. The monoisotopic (exact) mass is 499 g/mol. The van der Waals surface area contributed by atoms with E-state index in [2.05, 4.69) is 23.1 Å². The third-order valence-corrected chi connectivity index (χ3v) is 8.58. The molecule has 0 N–H and O–H groups in total. The molecule has 0 aromatic heterocycles. The van der Waals surface area contributed by atoms with Gasteiger partial charge in [0.2, 0.25) is 5.91 Å². The Morgan fingerprint density at radius 1 is 0.946 bits per heavy atom. The van der Waals surface area contributed by atoms with E-state index >= 15 is 0 Å². The minimum Gasteiger partial charge on any atom is -0.312 e. The summed E-state index contributed by atoms with van der Waals surface area (Å²) in [6.45, 7) is 5.60. The molecule has 1 aliphatic carbocycles. The number of rotatable bonds is 7. The van der Waals surface area contributed by atoms with Gasteiger partial charge in [-0.05, 0) is 67.5 Å². The number of amides is 2. The lowest BCUT2D eigenvalue weighted by molar-refractivity contribution is -0.116. The Morgan fingerprint density at radius 2 is 1.70 bits per heavy atom. The predicted octanol–water partition coefficient (Wildman–Crippen LogP) is 6.08. The van der Waals surface area contributed by atoms with Crippen molar-refractivity contribution in [2.24, 2.45) is 5.92 Å². The first-order valence-electron chi connectivity index (χ1n) is 14.3. The average molecular weight is 500 g/mol. The van der Waals surface area contributed by atoms with Crippen LogP contribution in [-0.2, 0) is 16.0 Å². The Morgan fingerprint density at radius 3 is 2.43 bits per heavy atom. The summed E-state index contributed by atoms with van der Waals surface area (Å²) in [6, 6.07) is 16.4. The minimum atomic E-state index is 0.0110. The van der Waals surface area contributed by atoms with E-state index in [-0.39, 0.29) is 17.9 Å². The fraction of sp³-hybridized carbons (Fsp3) is 0.500. The van der Waals surface area contributed by atoms with Crippen molar-refractivity contribution in [3.05, 3.63) is 65.7 Å². The summed E-state index contributed by atoms with van der Waals surface area (Å²) in [4.78, 5) is 32.4. The van der Waals surface area contributed by atoms with Crippen molar-refractivity contribution in [2.75, 3.05) is 36.0 Å². The smallest absolute Gasteiger partial charge is 0.251 e. The number of likely N-dealkylation sites (tertiary alicyclic amines) is 1. The number of nitrogens with zero attached hydrogens (tertiary/aromatic N) is 3. The fourth-order valence-electron chi connectivity index (χ4n) is 6.42. The van der Waals surface area contributed by atoms with Crippen LogP contribution in [0.1, 0.15) is 69.4 Å². The van der Waals surface area contributed by atoms with E-state index in [0.717, 1.165) is 61.8 Å². The quantitative estimate of drug-likeness (QED) is 0.434. The highest BCUT2D eigenvalue weighted by atomic mass is 16.2. The van der Waals surface area contributed by atoms with Crippen molar-refractivity contribution in [2.45, 2.75) is 70.8 Å². The maximum Gasteiger partial charge on any atom is 0.251 e. The first kappa shape index (κ1) is 25.7. The molecule has 196 valence electrons. The number of benzene rings is 2. The summed E-state index contributed by atoms with van der Waals surface area (Å²) in [5.74, 6) is 0.976. The lowest BCUT2D eigenvalue weighted by Gasteiger charge is -2.39. The maximum absolute atomic E-state index is 13.7. The average Bonchev–Trinajstić information content (AvgIpc) is 3.37. The van der Waals surface area contributed by atoms with Crippen LogP contribution < -0.4 is 9.80 Å². The SMILES string of the molecule is CC(=O)N1CCc2ccc(N(C(=O)C=Cc3ccccc3)C3CCN(CCC4CCCCC4)CC3)cc21. The molecule has 0 atom stereocenters. The molecule has 0 bridgehead atoms. The topological polar surface area (TPSA) is 43.9 Å². The highest BCUT2D eigenvalue weighted by Crippen LogP contribution is 2.35. The van der Waals surface area contributed by atoms with Crippen LogP contribution in [0.5, 0.6) is 0 Å². The molecule has 2 aliphatic heterocycles. The Kier molecular flexibility index (Phi) is 8.40. The number of hydrogen-bond donors (Lipinski definition) is 0. The lowest BCUT2D eigenvalue weighted by Crippen LogP contribution is -2.47. The summed E-state index contributed by atoms with van der Waals surface area (Å²) in [7, 11) is 0. The number of carbonyl (C=O) groups excluding carboxylic acids is 2. The highest BCUT2D eigenvalue weighted by molar-refractivity contribution is 6.05. The number of piperidine rings is 1. The molecule has 5 heteroatoms. The van der Waals surface area contributed by atoms with E-state index in [1.807, 2.05) is 46.2 Å². The first-order chi connectivity index (χ1) is 18.1. The third kappa shape index (κ3) is 6.32. The summed E-state index contributed by atoms with van der Waals surface area (Å²) >= 11 is 0. The molecule has 5 nitrogen and oxygen atoms in total. The molecular formula is C32H41N3O2. The largest absolute Gasteiger partial charge is 0.312 e. The molecule has 1 saturated carbocycles. The van der Waals surface area contributed by atoms with Crippen LogP contribution in [0.4, 0.5) is 11.4 Å². The second-order valence-corrected chi connectivity index (χ2v) is 11.1. The van der Waals surface area contributed by atoms with Crippen molar-refractivity contribution in [1.29, 1.82) is 0 Å². The molecule has 0 radical (unpaired) electrons. The molecule has 0 unspecified atom stereocenters. The minimum absolute atomic E-state index is 0.0110. The molecule has 2 amide bonds. The van der Waals surface area contributed by atoms with E-state index in [1.165, 1.54) is 50.6 Å². The summed E-state index contributed by atoms with van der Waals surface area (Å²) in [6.07, 6.45) is 14.8. The van der Waals surface area contributed by atoms with Gasteiger partial charge in [-0.15, -0.1) is 0 Å². The third-order valence-electron chi connectivity index (χ3n) is 8.58. The van der Waals surface area contributed by atoms with Crippen molar-refractivity contribution in [1.82, 2.24) is 4.90 Å². The van der Waals surface area contributed by atoms with Gasteiger partial charge in [0.25, 0.3) is 5.91 Å². The summed E-state index contributed by atoms with van der Waals surface area (Å²) in [5, 5.41) is 0. The van der Waals surface area contributed by atoms with Gasteiger partial charge >= 0.3 is 0 Å². The van der Waals surface area contributed by atoms with E-state index in [0.29, 0.717) is 0 Å². The van der Waals surface area contributed by atoms with Crippen molar-refractivity contribution < 1.29 is 9.59 Å². The normalized spacial score (nSPS) is 19.3. The summed E-state index contributed by atoms with van der Waals surface area (Å²) in [5.41, 5.74) is 4.06. The Hall–Kier alpha value is -2.92. The van der Waals surface area contributed by atoms with E-state index in [1.54, 1.807) is 13.0 Å². The zero-order chi connectivity index (χ0) is 25.6. The molecular weight excluding hydrogens is 458 g/mol. The van der Waals surface area contributed by atoms with Crippen LogP contribution in [0.15, 0.2) is 54.6 Å². The van der Waals surface area contributed by atoms with Gasteiger partial charge in [-0.2, -0.15) is 0 Å². The second-order valence-electron chi connectivity index (χ2n) is 11.1. The van der Waals surface area contributed by atoms with E-state index in [9.17, 15) is 9.59 Å². The molecule has 2 aromatic rings. The zero-order valence-corrected chi connectivity index (χ0v) is 22.3. The maximum atomic E-state index is 13.7. The van der Waals surface area contributed by atoms with Crippen LogP contribution in [0.3, 0.4) is 0 Å². The van der Waals surface area contributed by atoms with Crippen LogP contribution in [0, 0.1) is 5.92 Å². The molecule has 0 spiro atoms. The van der Waals surface area contributed by atoms with Crippen molar-refractivity contribution in [3.63, 3.8) is 0 Å². The van der Waals surface area contributed by atoms with Gasteiger partial charge in [0, 0.05) is 50.1 Å². The fourth-order valence-corrected chi connectivity index (χ4v) is 6.42. The number of anilines is 2.